The van der Waals surface area contributed by atoms with Gasteiger partial charge in [-0.25, -0.2) is 0 Å². The van der Waals surface area contributed by atoms with Crippen molar-refractivity contribution in [2.24, 2.45) is 0 Å². The van der Waals surface area contributed by atoms with Crippen molar-refractivity contribution < 1.29 is 27.8 Å². The Morgan fingerprint density at radius 1 is 1.44 bits per heavy atom. The molecule has 1 atom stereocenters. The van der Waals surface area contributed by atoms with Crippen molar-refractivity contribution >= 4 is 6.29 Å². The molecule has 1 rings (SSSR count). The van der Waals surface area contributed by atoms with Crippen molar-refractivity contribution in [2.45, 2.75) is 18.9 Å². The number of aliphatic hydroxyl groups excluding tert-OH is 1. The number of rotatable bonds is 4. The normalized spacial score (nSPS) is 13.2. The van der Waals surface area contributed by atoms with Gasteiger partial charge in [-0.1, -0.05) is 12.1 Å². The van der Waals surface area contributed by atoms with Crippen molar-refractivity contribution in [1.82, 2.24) is 0 Å². The van der Waals surface area contributed by atoms with E-state index in [0.29, 0.717) is 6.29 Å². The molecule has 0 heterocycles. The maximum absolute atomic E-state index is 11.9. The molecular formula is C10H9F3O3. The van der Waals surface area contributed by atoms with E-state index in [1.54, 1.807) is 0 Å². The Balaban J connectivity index is 2.82. The fraction of sp³-hybridized carbons (Fsp3) is 0.300. The minimum atomic E-state index is -4.77. The maximum Gasteiger partial charge on any atom is 0.573 e. The number of aliphatic hydroxyl groups is 1. The molecule has 3 nitrogen and oxygen atoms in total. The lowest BCUT2D eigenvalue weighted by molar-refractivity contribution is -0.274. The fourth-order valence-corrected chi connectivity index (χ4v) is 1.15. The molecule has 0 saturated heterocycles. The first-order valence-electron chi connectivity index (χ1n) is 4.40. The number of ether oxygens (including phenoxy) is 1. The van der Waals surface area contributed by atoms with Crippen molar-refractivity contribution in [3.8, 4) is 5.75 Å². The minimum absolute atomic E-state index is 0.171. The van der Waals surface area contributed by atoms with Crippen LogP contribution in [0.3, 0.4) is 0 Å². The highest BCUT2D eigenvalue weighted by Crippen LogP contribution is 2.26. The Kier molecular flexibility index (Phi) is 3.89. The molecular weight excluding hydrogens is 225 g/mol. The van der Waals surface area contributed by atoms with E-state index in [-0.39, 0.29) is 12.0 Å². The Morgan fingerprint density at radius 2 is 2.12 bits per heavy atom. The zero-order valence-corrected chi connectivity index (χ0v) is 8.07. The summed E-state index contributed by atoms with van der Waals surface area (Å²) in [6.07, 6.45) is -5.57. The van der Waals surface area contributed by atoms with Gasteiger partial charge in [-0.05, 0) is 17.7 Å². The van der Waals surface area contributed by atoms with E-state index in [0.717, 1.165) is 12.1 Å². The monoisotopic (exact) mass is 234 g/mol. The molecule has 0 aliphatic rings. The van der Waals surface area contributed by atoms with Crippen LogP contribution >= 0.6 is 0 Å². The molecule has 0 aliphatic heterocycles. The highest BCUT2D eigenvalue weighted by molar-refractivity contribution is 5.51. The van der Waals surface area contributed by atoms with Crippen LogP contribution in [-0.2, 0) is 4.79 Å². The average Bonchev–Trinajstić information content (AvgIpc) is 2.16. The predicted molar refractivity (Wildman–Crippen MR) is 48.8 cm³/mol. The molecule has 88 valence electrons. The van der Waals surface area contributed by atoms with Crippen LogP contribution < -0.4 is 4.74 Å². The molecule has 0 bridgehead atoms. The third-order valence-electron chi connectivity index (χ3n) is 1.80. The second-order valence-electron chi connectivity index (χ2n) is 3.04. The highest BCUT2D eigenvalue weighted by Gasteiger charge is 2.31. The number of hydrogen-bond donors (Lipinski definition) is 1. The zero-order chi connectivity index (χ0) is 12.2. The zero-order valence-electron chi connectivity index (χ0n) is 8.07. The third-order valence-corrected chi connectivity index (χ3v) is 1.80. The van der Waals surface area contributed by atoms with Crippen LogP contribution in [0.25, 0.3) is 0 Å². The molecule has 0 radical (unpaired) electrons. The first-order valence-corrected chi connectivity index (χ1v) is 4.40. The van der Waals surface area contributed by atoms with E-state index in [9.17, 15) is 23.1 Å². The van der Waals surface area contributed by atoms with Gasteiger partial charge in [0.15, 0.2) is 0 Å². The summed E-state index contributed by atoms with van der Waals surface area (Å²) in [6, 6.07) is 4.88. The largest absolute Gasteiger partial charge is 0.573 e. The summed E-state index contributed by atoms with van der Waals surface area (Å²) >= 11 is 0. The van der Waals surface area contributed by atoms with Gasteiger partial charge in [-0.15, -0.1) is 13.2 Å². The summed E-state index contributed by atoms with van der Waals surface area (Å²) in [5, 5.41) is 9.38. The van der Waals surface area contributed by atoms with Gasteiger partial charge >= 0.3 is 6.36 Å². The third kappa shape index (κ3) is 3.90. The molecule has 0 fully saturated rings. The predicted octanol–water partition coefficient (Wildman–Crippen LogP) is 2.21. The number of aldehydes is 1. The number of carbonyl (C=O) groups excluding carboxylic acids is 1. The van der Waals surface area contributed by atoms with E-state index in [2.05, 4.69) is 4.74 Å². The fourth-order valence-electron chi connectivity index (χ4n) is 1.15. The summed E-state index contributed by atoms with van der Waals surface area (Å²) in [6.45, 7) is 0. The van der Waals surface area contributed by atoms with Crippen molar-refractivity contribution in [2.75, 3.05) is 0 Å². The van der Waals surface area contributed by atoms with Gasteiger partial charge in [0.25, 0.3) is 0 Å². The summed E-state index contributed by atoms with van der Waals surface area (Å²) in [4.78, 5) is 10.1. The van der Waals surface area contributed by atoms with Gasteiger partial charge in [0.1, 0.15) is 12.0 Å². The number of carbonyl (C=O) groups is 1. The molecule has 1 aromatic carbocycles. The number of halogens is 3. The van der Waals surface area contributed by atoms with E-state index >= 15 is 0 Å². The van der Waals surface area contributed by atoms with E-state index in [1.807, 2.05) is 0 Å². The average molecular weight is 234 g/mol. The molecule has 0 spiro atoms. The van der Waals surface area contributed by atoms with Crippen LogP contribution in [0.15, 0.2) is 24.3 Å². The SMILES string of the molecule is O=CCC(O)c1cccc(OC(F)(F)F)c1. The highest BCUT2D eigenvalue weighted by atomic mass is 19.4. The van der Waals surface area contributed by atoms with E-state index in [4.69, 9.17) is 0 Å². The lowest BCUT2D eigenvalue weighted by Crippen LogP contribution is -2.17. The van der Waals surface area contributed by atoms with Crippen LogP contribution in [0, 0.1) is 0 Å². The Bertz CT molecular complexity index is 363. The molecule has 1 aromatic rings. The molecule has 1 N–H and O–H groups in total. The van der Waals surface area contributed by atoms with Crippen LogP contribution in [0.2, 0.25) is 0 Å². The van der Waals surface area contributed by atoms with Crippen LogP contribution in [0.5, 0.6) is 5.75 Å². The van der Waals surface area contributed by atoms with Crippen LogP contribution in [-0.4, -0.2) is 17.8 Å². The number of benzene rings is 1. The smallest absolute Gasteiger partial charge is 0.406 e. The maximum atomic E-state index is 11.9. The summed E-state index contributed by atoms with van der Waals surface area (Å²) in [5.74, 6) is -0.421. The van der Waals surface area contributed by atoms with Crippen LogP contribution in [0.1, 0.15) is 18.1 Å². The second kappa shape index (κ2) is 4.98. The van der Waals surface area contributed by atoms with E-state index in [1.165, 1.54) is 12.1 Å². The van der Waals surface area contributed by atoms with Gasteiger partial charge in [0.2, 0.25) is 0 Å². The van der Waals surface area contributed by atoms with Crippen molar-refractivity contribution in [1.29, 1.82) is 0 Å². The lowest BCUT2D eigenvalue weighted by Gasteiger charge is -2.12. The second-order valence-corrected chi connectivity index (χ2v) is 3.04. The molecule has 0 amide bonds. The molecule has 16 heavy (non-hydrogen) atoms. The topological polar surface area (TPSA) is 46.5 Å². The number of hydrogen-bond acceptors (Lipinski definition) is 3. The van der Waals surface area contributed by atoms with Gasteiger partial charge < -0.3 is 14.6 Å². The minimum Gasteiger partial charge on any atom is -0.406 e. The van der Waals surface area contributed by atoms with Gasteiger partial charge in [-0.3, -0.25) is 0 Å². The first kappa shape index (κ1) is 12.5. The Morgan fingerprint density at radius 3 is 2.69 bits per heavy atom. The van der Waals surface area contributed by atoms with Gasteiger partial charge in [0.05, 0.1) is 6.10 Å². The molecule has 1 unspecified atom stereocenters. The summed E-state index contributed by atoms with van der Waals surface area (Å²) in [7, 11) is 0. The van der Waals surface area contributed by atoms with Crippen molar-refractivity contribution in [3.05, 3.63) is 29.8 Å². The molecule has 0 saturated carbocycles. The lowest BCUT2D eigenvalue weighted by atomic mass is 10.1. The molecule has 6 heteroatoms. The van der Waals surface area contributed by atoms with Crippen molar-refractivity contribution in [3.63, 3.8) is 0 Å². The van der Waals surface area contributed by atoms with E-state index < -0.39 is 18.2 Å². The van der Waals surface area contributed by atoms with Crippen LogP contribution in [0.4, 0.5) is 13.2 Å². The number of alkyl halides is 3. The Hall–Kier alpha value is -1.56. The summed E-state index contributed by atoms with van der Waals surface area (Å²) in [5.41, 5.74) is 0.203. The first-order chi connectivity index (χ1) is 7.42. The molecule has 0 aromatic heterocycles. The quantitative estimate of drug-likeness (QED) is 0.812. The Labute approximate surface area is 89.5 Å². The van der Waals surface area contributed by atoms with Gasteiger partial charge in [0, 0.05) is 6.42 Å². The standard InChI is InChI=1S/C10H9F3O3/c11-10(12,13)16-8-3-1-2-7(6-8)9(15)4-5-14/h1-3,5-6,9,15H,4H2. The summed E-state index contributed by atoms with van der Waals surface area (Å²) < 4.78 is 39.3. The van der Waals surface area contributed by atoms with Gasteiger partial charge in [-0.2, -0.15) is 0 Å². The molecule has 0 aliphatic carbocycles.